The number of carbonyl (C=O) groups is 2. The Hall–Kier alpha value is -4.04. The first-order valence-corrected chi connectivity index (χ1v) is 12.3. The molecule has 3 aromatic carbocycles. The van der Waals surface area contributed by atoms with Gasteiger partial charge in [-0.3, -0.25) is 0 Å². The van der Waals surface area contributed by atoms with Gasteiger partial charge in [0, 0.05) is 19.6 Å². The monoisotopic (exact) mass is 507 g/mol. The van der Waals surface area contributed by atoms with Gasteiger partial charge in [0.1, 0.15) is 23.9 Å². The molecule has 8 heteroatoms. The molecule has 3 rings (SSSR count). The third kappa shape index (κ3) is 9.85. The Balaban J connectivity index is 1.51. The lowest BCUT2D eigenvalue weighted by atomic mass is 10.1. The van der Waals surface area contributed by atoms with Gasteiger partial charge in [0.25, 0.3) is 0 Å². The van der Waals surface area contributed by atoms with Crippen molar-refractivity contribution in [3.05, 3.63) is 90.5 Å². The molecular formula is C29H33NO7. The molecule has 0 saturated carbocycles. The zero-order valence-electron chi connectivity index (χ0n) is 21.0. The average molecular weight is 508 g/mol. The first kappa shape index (κ1) is 27.5. The van der Waals surface area contributed by atoms with E-state index in [4.69, 9.17) is 18.9 Å². The van der Waals surface area contributed by atoms with Crippen LogP contribution in [0.4, 0.5) is 4.79 Å². The van der Waals surface area contributed by atoms with Gasteiger partial charge in [0.2, 0.25) is 0 Å². The quantitative estimate of drug-likeness (QED) is 0.287. The fourth-order valence-electron chi connectivity index (χ4n) is 3.54. The van der Waals surface area contributed by atoms with E-state index in [0.29, 0.717) is 44.2 Å². The highest BCUT2D eigenvalue weighted by Gasteiger charge is 2.18. The Kier molecular flexibility index (Phi) is 11.3. The number of amides is 1. The summed E-state index contributed by atoms with van der Waals surface area (Å²) in [4.78, 5) is 25.7. The molecule has 37 heavy (non-hydrogen) atoms. The Morgan fingerprint density at radius 1 is 0.784 bits per heavy atom. The number of hydrogen-bond acceptors (Lipinski definition) is 6. The smallest absolute Gasteiger partial charge is 0.415 e. The van der Waals surface area contributed by atoms with Crippen LogP contribution in [0.1, 0.15) is 18.9 Å². The van der Waals surface area contributed by atoms with Gasteiger partial charge >= 0.3 is 12.1 Å². The SMILES string of the molecule is CCOC(Cc1ccc(OCCN(CCCOc2ccccc2)C(=O)Oc2ccccc2)cc1)C(=O)O. The summed E-state index contributed by atoms with van der Waals surface area (Å²) >= 11 is 0. The molecule has 0 bridgehead atoms. The Morgan fingerprint density at radius 3 is 2.00 bits per heavy atom. The van der Waals surface area contributed by atoms with Crippen LogP contribution in [0.15, 0.2) is 84.9 Å². The van der Waals surface area contributed by atoms with Crippen LogP contribution in [-0.2, 0) is 16.0 Å². The molecule has 3 aromatic rings. The number of carbonyl (C=O) groups excluding carboxylic acids is 1. The molecule has 0 saturated heterocycles. The minimum Gasteiger partial charge on any atom is -0.494 e. The zero-order valence-corrected chi connectivity index (χ0v) is 21.0. The van der Waals surface area contributed by atoms with Crippen LogP contribution in [0.3, 0.4) is 0 Å². The molecule has 1 N–H and O–H groups in total. The number of benzene rings is 3. The fourth-order valence-corrected chi connectivity index (χ4v) is 3.54. The summed E-state index contributed by atoms with van der Waals surface area (Å²) in [5, 5.41) is 9.26. The van der Waals surface area contributed by atoms with E-state index < -0.39 is 18.2 Å². The molecule has 1 unspecified atom stereocenters. The van der Waals surface area contributed by atoms with E-state index in [1.165, 1.54) is 0 Å². The maximum atomic E-state index is 12.8. The molecule has 0 aliphatic carbocycles. The van der Waals surface area contributed by atoms with Crippen molar-refractivity contribution in [1.82, 2.24) is 4.90 Å². The standard InChI is InChI=1S/C29H33NO7/c1-2-34-27(28(31)32)22-23-14-16-25(17-15-23)36-21-19-30(29(33)37-26-12-7-4-8-13-26)18-9-20-35-24-10-5-3-6-11-24/h3-8,10-17,27H,2,9,18-22H2,1H3,(H,31,32). The normalized spacial score (nSPS) is 11.4. The number of ether oxygens (including phenoxy) is 4. The minimum absolute atomic E-state index is 0.263. The van der Waals surface area contributed by atoms with Crippen LogP contribution in [-0.4, -0.2) is 61.1 Å². The Bertz CT molecular complexity index is 1070. The molecule has 0 heterocycles. The van der Waals surface area contributed by atoms with Crippen molar-refractivity contribution in [2.24, 2.45) is 0 Å². The van der Waals surface area contributed by atoms with Crippen LogP contribution in [0, 0.1) is 0 Å². The van der Waals surface area contributed by atoms with Crippen molar-refractivity contribution in [3.8, 4) is 17.2 Å². The van der Waals surface area contributed by atoms with E-state index in [1.54, 1.807) is 48.2 Å². The second-order valence-corrected chi connectivity index (χ2v) is 8.16. The van der Waals surface area contributed by atoms with E-state index in [1.807, 2.05) is 48.5 Å². The highest BCUT2D eigenvalue weighted by atomic mass is 16.6. The lowest BCUT2D eigenvalue weighted by molar-refractivity contribution is -0.149. The molecule has 0 fully saturated rings. The van der Waals surface area contributed by atoms with Gasteiger partial charge in [0.05, 0.1) is 13.2 Å². The average Bonchev–Trinajstić information content (AvgIpc) is 2.91. The van der Waals surface area contributed by atoms with E-state index in [9.17, 15) is 14.7 Å². The van der Waals surface area contributed by atoms with Gasteiger partial charge in [-0.2, -0.15) is 0 Å². The maximum absolute atomic E-state index is 12.8. The number of para-hydroxylation sites is 2. The Morgan fingerprint density at radius 2 is 1.38 bits per heavy atom. The molecule has 0 aliphatic rings. The van der Waals surface area contributed by atoms with Gasteiger partial charge in [0.15, 0.2) is 6.10 Å². The molecular weight excluding hydrogens is 474 g/mol. The lowest BCUT2D eigenvalue weighted by Gasteiger charge is -2.22. The molecule has 0 spiro atoms. The number of nitrogens with zero attached hydrogens (tertiary/aromatic N) is 1. The lowest BCUT2D eigenvalue weighted by Crippen LogP contribution is -2.38. The largest absolute Gasteiger partial charge is 0.494 e. The summed E-state index contributed by atoms with van der Waals surface area (Å²) < 4.78 is 22.4. The molecule has 1 atom stereocenters. The third-order valence-electron chi connectivity index (χ3n) is 5.41. The number of aliphatic carboxylic acids is 1. The van der Waals surface area contributed by atoms with Gasteiger partial charge in [-0.25, -0.2) is 9.59 Å². The molecule has 8 nitrogen and oxygen atoms in total. The predicted octanol–water partition coefficient (Wildman–Crippen LogP) is 5.07. The van der Waals surface area contributed by atoms with Crippen LogP contribution in [0.2, 0.25) is 0 Å². The predicted molar refractivity (Wildman–Crippen MR) is 139 cm³/mol. The molecule has 196 valence electrons. The summed E-state index contributed by atoms with van der Waals surface area (Å²) in [5.74, 6) is 0.888. The fraction of sp³-hybridized carbons (Fsp3) is 0.310. The minimum atomic E-state index is -0.987. The number of hydrogen-bond donors (Lipinski definition) is 1. The van der Waals surface area contributed by atoms with E-state index in [2.05, 4.69) is 0 Å². The summed E-state index contributed by atoms with van der Waals surface area (Å²) in [6.45, 7) is 3.58. The maximum Gasteiger partial charge on any atom is 0.415 e. The molecule has 0 aromatic heterocycles. The van der Waals surface area contributed by atoms with Crippen molar-refractivity contribution in [1.29, 1.82) is 0 Å². The van der Waals surface area contributed by atoms with Crippen LogP contribution in [0.5, 0.6) is 17.2 Å². The van der Waals surface area contributed by atoms with Crippen LogP contribution >= 0.6 is 0 Å². The Labute approximate surface area is 217 Å². The first-order chi connectivity index (χ1) is 18.0. The third-order valence-corrected chi connectivity index (χ3v) is 5.41. The first-order valence-electron chi connectivity index (χ1n) is 12.3. The molecule has 0 aliphatic heterocycles. The summed E-state index contributed by atoms with van der Waals surface area (Å²) in [6, 6.07) is 25.6. The van der Waals surface area contributed by atoms with Crippen LogP contribution in [0.25, 0.3) is 0 Å². The zero-order chi connectivity index (χ0) is 26.3. The van der Waals surface area contributed by atoms with Gasteiger partial charge < -0.3 is 29.0 Å². The van der Waals surface area contributed by atoms with Crippen molar-refractivity contribution >= 4 is 12.1 Å². The van der Waals surface area contributed by atoms with Crippen LogP contribution < -0.4 is 14.2 Å². The van der Waals surface area contributed by atoms with Gasteiger partial charge in [-0.05, 0) is 55.3 Å². The molecule has 0 radical (unpaired) electrons. The van der Waals surface area contributed by atoms with Crippen molar-refractivity contribution < 1.29 is 33.6 Å². The van der Waals surface area contributed by atoms with Crippen molar-refractivity contribution in [3.63, 3.8) is 0 Å². The number of rotatable bonds is 15. The second-order valence-electron chi connectivity index (χ2n) is 8.16. The molecule has 1 amide bonds. The van der Waals surface area contributed by atoms with Gasteiger partial charge in [-0.1, -0.05) is 48.5 Å². The summed E-state index contributed by atoms with van der Waals surface area (Å²) in [5.41, 5.74) is 0.833. The highest BCUT2D eigenvalue weighted by Crippen LogP contribution is 2.16. The van der Waals surface area contributed by atoms with Gasteiger partial charge in [-0.15, -0.1) is 0 Å². The van der Waals surface area contributed by atoms with E-state index in [-0.39, 0.29) is 13.0 Å². The highest BCUT2D eigenvalue weighted by molar-refractivity contribution is 5.72. The van der Waals surface area contributed by atoms with Crippen molar-refractivity contribution in [2.45, 2.75) is 25.9 Å². The van der Waals surface area contributed by atoms with Crippen molar-refractivity contribution in [2.75, 3.05) is 32.9 Å². The number of carboxylic acids is 1. The summed E-state index contributed by atoms with van der Waals surface area (Å²) in [6.07, 6.45) is -0.446. The summed E-state index contributed by atoms with van der Waals surface area (Å²) in [7, 11) is 0. The topological polar surface area (TPSA) is 94.5 Å². The number of carboxylic acid groups (broad SMARTS) is 1. The second kappa shape index (κ2) is 15.2. The van der Waals surface area contributed by atoms with E-state index in [0.717, 1.165) is 11.3 Å². The van der Waals surface area contributed by atoms with E-state index >= 15 is 0 Å².